The van der Waals surface area contributed by atoms with Crippen LogP contribution in [-0.4, -0.2) is 64.2 Å². The van der Waals surface area contributed by atoms with E-state index in [-0.39, 0.29) is 18.1 Å². The Bertz CT molecular complexity index is 1040. The van der Waals surface area contributed by atoms with Gasteiger partial charge < -0.3 is 15.0 Å². The van der Waals surface area contributed by atoms with E-state index < -0.39 is 28.5 Å². The minimum Gasteiger partial charge on any atom is -0.495 e. The lowest BCUT2D eigenvalue weighted by molar-refractivity contribution is -0.138. The number of benzene rings is 2. The molecule has 0 bridgehead atoms. The number of hydrogen-bond donors (Lipinski definition) is 1. The van der Waals surface area contributed by atoms with E-state index in [9.17, 15) is 18.0 Å². The molecule has 0 aromatic heterocycles. The Kier molecular flexibility index (Phi) is 10.4. The molecule has 0 radical (unpaired) electrons. The van der Waals surface area contributed by atoms with Crippen LogP contribution in [-0.2, 0) is 26.0 Å². The zero-order chi connectivity index (χ0) is 25.1. The van der Waals surface area contributed by atoms with Gasteiger partial charge in [0, 0.05) is 13.1 Å². The van der Waals surface area contributed by atoms with E-state index in [0.717, 1.165) is 29.0 Å². The quantitative estimate of drug-likeness (QED) is 0.437. The first-order valence-corrected chi connectivity index (χ1v) is 13.3. The predicted molar refractivity (Wildman–Crippen MR) is 134 cm³/mol. The van der Waals surface area contributed by atoms with E-state index in [2.05, 4.69) is 5.32 Å². The highest BCUT2D eigenvalue weighted by atomic mass is 32.2. The maximum absolute atomic E-state index is 13.5. The second kappa shape index (κ2) is 13.0. The number of ether oxygens (including phenoxy) is 1. The summed E-state index contributed by atoms with van der Waals surface area (Å²) in [6.45, 7) is 4.05. The zero-order valence-corrected chi connectivity index (χ0v) is 21.2. The maximum atomic E-state index is 13.5. The third-order valence-electron chi connectivity index (χ3n) is 5.51. The molecule has 0 spiro atoms. The molecule has 2 aromatic rings. The summed E-state index contributed by atoms with van der Waals surface area (Å²) in [5.41, 5.74) is 1.28. The number of carbonyl (C=O) groups excluding carboxylic acids is 2. The van der Waals surface area contributed by atoms with Gasteiger partial charge in [-0.15, -0.1) is 0 Å². The van der Waals surface area contributed by atoms with Crippen molar-refractivity contribution in [2.45, 2.75) is 39.2 Å². The fourth-order valence-corrected chi connectivity index (χ4v) is 4.39. The van der Waals surface area contributed by atoms with Crippen molar-refractivity contribution in [1.29, 1.82) is 0 Å². The molecule has 0 aliphatic carbocycles. The molecular formula is C25H35N3O5S. The first-order chi connectivity index (χ1) is 16.2. The Morgan fingerprint density at radius 3 is 2.32 bits per heavy atom. The van der Waals surface area contributed by atoms with Gasteiger partial charge in [-0.05, 0) is 37.5 Å². The Hall–Kier alpha value is -3.07. The summed E-state index contributed by atoms with van der Waals surface area (Å²) in [7, 11) is -2.36. The number of sulfonamides is 1. The number of nitrogens with zero attached hydrogens (tertiary/aromatic N) is 2. The van der Waals surface area contributed by atoms with Crippen molar-refractivity contribution < 1.29 is 22.7 Å². The topological polar surface area (TPSA) is 96.0 Å². The number of methoxy groups -OCH3 is 1. The highest BCUT2D eigenvalue weighted by molar-refractivity contribution is 7.92. The summed E-state index contributed by atoms with van der Waals surface area (Å²) in [5.74, 6) is -0.398. The Balaban J connectivity index is 2.30. The molecule has 0 unspecified atom stereocenters. The monoisotopic (exact) mass is 489 g/mol. The zero-order valence-electron chi connectivity index (χ0n) is 20.4. The molecule has 0 fully saturated rings. The average Bonchev–Trinajstić information content (AvgIpc) is 2.82. The molecule has 0 aliphatic rings. The second-order valence-corrected chi connectivity index (χ2v) is 9.99. The van der Waals surface area contributed by atoms with E-state index >= 15 is 0 Å². The first kappa shape index (κ1) is 27.2. The van der Waals surface area contributed by atoms with Gasteiger partial charge in [0.25, 0.3) is 0 Å². The molecule has 2 rings (SSSR count). The number of carbonyl (C=O) groups is 2. The summed E-state index contributed by atoms with van der Waals surface area (Å²) in [5, 5.41) is 2.87. The van der Waals surface area contributed by atoms with Gasteiger partial charge in [0.15, 0.2) is 0 Å². The molecule has 1 N–H and O–H groups in total. The van der Waals surface area contributed by atoms with Gasteiger partial charge in [-0.3, -0.25) is 13.9 Å². The number of hydrogen-bond acceptors (Lipinski definition) is 5. The molecule has 2 amide bonds. The fraction of sp³-hybridized carbons (Fsp3) is 0.440. The van der Waals surface area contributed by atoms with Crippen molar-refractivity contribution >= 4 is 27.5 Å². The number of amides is 2. The lowest BCUT2D eigenvalue weighted by atomic mass is 10.1. The van der Waals surface area contributed by atoms with Gasteiger partial charge in [-0.25, -0.2) is 8.42 Å². The van der Waals surface area contributed by atoms with Gasteiger partial charge >= 0.3 is 0 Å². The SMILES string of the molecule is CCCCNC(=O)[C@H](C)N(CCc1ccccc1)C(=O)CN(c1ccccc1OC)S(C)(=O)=O. The van der Waals surface area contributed by atoms with Crippen LogP contribution in [0, 0.1) is 0 Å². The largest absolute Gasteiger partial charge is 0.495 e. The highest BCUT2D eigenvalue weighted by Gasteiger charge is 2.30. The standard InChI is InChI=1S/C25H35N3O5S/c1-5-6-17-26-25(30)20(2)27(18-16-21-12-8-7-9-13-21)24(29)19-28(34(4,31)32)22-14-10-11-15-23(22)33-3/h7-15,20H,5-6,16-19H2,1-4H3,(H,26,30)/t20-/m0/s1. The number of rotatable bonds is 13. The lowest BCUT2D eigenvalue weighted by Crippen LogP contribution is -2.52. The smallest absolute Gasteiger partial charge is 0.244 e. The van der Waals surface area contributed by atoms with Crippen LogP contribution in [0.5, 0.6) is 5.75 Å². The molecule has 186 valence electrons. The van der Waals surface area contributed by atoms with Crippen LogP contribution in [0.3, 0.4) is 0 Å². The van der Waals surface area contributed by atoms with E-state index in [1.165, 1.54) is 12.0 Å². The van der Waals surface area contributed by atoms with E-state index in [1.54, 1.807) is 31.2 Å². The molecule has 0 aliphatic heterocycles. The average molecular weight is 490 g/mol. The van der Waals surface area contributed by atoms with Gasteiger partial charge in [0.2, 0.25) is 21.8 Å². The number of anilines is 1. The molecule has 0 saturated heterocycles. The fourth-order valence-electron chi connectivity index (χ4n) is 3.54. The predicted octanol–water partition coefficient (Wildman–Crippen LogP) is 2.84. The third kappa shape index (κ3) is 7.76. The second-order valence-electron chi connectivity index (χ2n) is 8.08. The van der Waals surface area contributed by atoms with Crippen molar-refractivity contribution in [3.8, 4) is 5.75 Å². The van der Waals surface area contributed by atoms with Crippen LogP contribution in [0.25, 0.3) is 0 Å². The van der Waals surface area contributed by atoms with Crippen LogP contribution in [0.2, 0.25) is 0 Å². The Morgan fingerprint density at radius 2 is 1.71 bits per heavy atom. The maximum Gasteiger partial charge on any atom is 0.244 e. The molecule has 34 heavy (non-hydrogen) atoms. The number of unbranched alkanes of at least 4 members (excludes halogenated alkanes) is 1. The molecule has 8 nitrogen and oxygen atoms in total. The molecule has 0 saturated carbocycles. The minimum atomic E-state index is -3.80. The first-order valence-electron chi connectivity index (χ1n) is 11.4. The van der Waals surface area contributed by atoms with Crippen molar-refractivity contribution in [3.63, 3.8) is 0 Å². The number of para-hydroxylation sites is 2. The molecule has 9 heteroatoms. The van der Waals surface area contributed by atoms with E-state index in [4.69, 9.17) is 4.74 Å². The van der Waals surface area contributed by atoms with Gasteiger partial charge in [-0.1, -0.05) is 55.8 Å². The van der Waals surface area contributed by atoms with Crippen LogP contribution in [0.1, 0.15) is 32.3 Å². The van der Waals surface area contributed by atoms with Gasteiger partial charge in [0.1, 0.15) is 18.3 Å². The summed E-state index contributed by atoms with van der Waals surface area (Å²) >= 11 is 0. The van der Waals surface area contributed by atoms with Crippen LogP contribution in [0.15, 0.2) is 54.6 Å². The summed E-state index contributed by atoms with van der Waals surface area (Å²) in [6, 6.07) is 15.5. The van der Waals surface area contributed by atoms with E-state index in [1.807, 2.05) is 37.3 Å². The molecule has 2 aromatic carbocycles. The van der Waals surface area contributed by atoms with Crippen LogP contribution >= 0.6 is 0 Å². The molecule has 1 atom stereocenters. The minimum absolute atomic E-state index is 0.266. The van der Waals surface area contributed by atoms with Gasteiger partial charge in [0.05, 0.1) is 19.1 Å². The Morgan fingerprint density at radius 1 is 1.06 bits per heavy atom. The van der Waals surface area contributed by atoms with Crippen molar-refractivity contribution in [2.24, 2.45) is 0 Å². The lowest BCUT2D eigenvalue weighted by Gasteiger charge is -2.31. The van der Waals surface area contributed by atoms with Crippen molar-refractivity contribution in [2.75, 3.05) is 37.3 Å². The highest BCUT2D eigenvalue weighted by Crippen LogP contribution is 2.29. The summed E-state index contributed by atoms with van der Waals surface area (Å²) < 4.78 is 31.6. The van der Waals surface area contributed by atoms with Gasteiger partial charge in [-0.2, -0.15) is 0 Å². The number of nitrogens with one attached hydrogen (secondary N) is 1. The van der Waals surface area contributed by atoms with E-state index in [0.29, 0.717) is 18.7 Å². The van der Waals surface area contributed by atoms with Crippen LogP contribution in [0.4, 0.5) is 5.69 Å². The van der Waals surface area contributed by atoms with Crippen molar-refractivity contribution in [1.82, 2.24) is 10.2 Å². The normalized spacial score (nSPS) is 12.0. The van der Waals surface area contributed by atoms with Crippen molar-refractivity contribution in [3.05, 3.63) is 60.2 Å². The summed E-state index contributed by atoms with van der Waals surface area (Å²) in [4.78, 5) is 27.7. The third-order valence-corrected chi connectivity index (χ3v) is 6.64. The van der Waals surface area contributed by atoms with Crippen LogP contribution < -0.4 is 14.4 Å². The summed E-state index contributed by atoms with van der Waals surface area (Å²) in [6.07, 6.45) is 3.36. The Labute approximate surface area is 202 Å². The molecular weight excluding hydrogens is 454 g/mol. The molecule has 0 heterocycles.